The van der Waals surface area contributed by atoms with Crippen molar-refractivity contribution in [1.29, 1.82) is 0 Å². The molecule has 44 valence electrons. The van der Waals surface area contributed by atoms with E-state index >= 15 is 0 Å². The molecular weight excluding hydrogens is 104 g/mol. The zero-order valence-corrected chi connectivity index (χ0v) is 6.81. The Bertz CT molecular complexity index is 37.1. The van der Waals surface area contributed by atoms with Crippen molar-refractivity contribution in [3.05, 3.63) is 0 Å². The zero-order valence-electron chi connectivity index (χ0n) is 5.40. The second-order valence-electron chi connectivity index (χ2n) is 2.05. The van der Waals surface area contributed by atoms with Crippen LogP contribution in [0.1, 0.15) is 13.8 Å². The molecule has 0 radical (unpaired) electrons. The number of rotatable bonds is 3. The summed E-state index contributed by atoms with van der Waals surface area (Å²) in [4.78, 5) is 0. The van der Waals surface area contributed by atoms with E-state index in [0.717, 1.165) is 6.61 Å². The molecule has 0 saturated heterocycles. The van der Waals surface area contributed by atoms with Gasteiger partial charge in [0.15, 0.2) is 9.76 Å². The van der Waals surface area contributed by atoms with Gasteiger partial charge in [-0.2, -0.15) is 0 Å². The Hall–Kier alpha value is 0.177. The van der Waals surface area contributed by atoms with Crippen LogP contribution in [0, 0.1) is 5.92 Å². The highest BCUT2D eigenvalue weighted by Gasteiger charge is 1.88. The maximum Gasteiger partial charge on any atom is 0.158 e. The highest BCUT2D eigenvalue weighted by atomic mass is 28.2. The zero-order chi connectivity index (χ0) is 5.70. The Morgan fingerprint density at radius 1 is 1.57 bits per heavy atom. The van der Waals surface area contributed by atoms with E-state index in [1.807, 2.05) is 0 Å². The molecule has 0 aromatic heterocycles. The summed E-state index contributed by atoms with van der Waals surface area (Å²) in [7, 11) is -0.129. The molecule has 0 fully saturated rings. The second-order valence-corrected chi connectivity index (χ2v) is 3.04. The van der Waals surface area contributed by atoms with Crippen molar-refractivity contribution in [1.82, 2.24) is 0 Å². The van der Waals surface area contributed by atoms with Crippen LogP contribution in [0.15, 0.2) is 0 Å². The van der Waals surface area contributed by atoms with Gasteiger partial charge in [-0.25, -0.2) is 0 Å². The Kier molecular flexibility index (Phi) is 4.45. The molecule has 0 amide bonds. The van der Waals surface area contributed by atoms with E-state index in [4.69, 9.17) is 4.43 Å². The van der Waals surface area contributed by atoms with Crippen LogP contribution < -0.4 is 0 Å². The molecule has 0 unspecified atom stereocenters. The van der Waals surface area contributed by atoms with Crippen molar-refractivity contribution in [2.45, 2.75) is 20.4 Å². The van der Waals surface area contributed by atoms with E-state index in [1.165, 1.54) is 0 Å². The first-order chi connectivity index (χ1) is 3.27. The highest BCUT2D eigenvalue weighted by molar-refractivity contribution is 6.24. The molecule has 0 saturated carbocycles. The van der Waals surface area contributed by atoms with Crippen molar-refractivity contribution in [2.24, 2.45) is 5.92 Å². The van der Waals surface area contributed by atoms with Gasteiger partial charge < -0.3 is 4.43 Å². The first-order valence-electron chi connectivity index (χ1n) is 2.85. The lowest BCUT2D eigenvalue weighted by atomic mass is 10.2. The first-order valence-corrected chi connectivity index (χ1v) is 4.84. The van der Waals surface area contributed by atoms with E-state index in [2.05, 4.69) is 20.4 Å². The molecule has 0 spiro atoms. The van der Waals surface area contributed by atoms with Crippen LogP contribution in [0.3, 0.4) is 0 Å². The molecule has 0 heterocycles. The average Bonchev–Trinajstić information content (AvgIpc) is 1.61. The predicted octanol–water partition coefficient (Wildman–Crippen LogP) is 0.791. The van der Waals surface area contributed by atoms with Crippen LogP contribution in [0.5, 0.6) is 0 Å². The van der Waals surface area contributed by atoms with Gasteiger partial charge in [-0.05, 0) is 5.92 Å². The minimum Gasteiger partial charge on any atom is -0.424 e. The third-order valence-electron chi connectivity index (χ3n) is 0.655. The van der Waals surface area contributed by atoms with Crippen molar-refractivity contribution >= 4 is 9.76 Å². The predicted molar refractivity (Wildman–Crippen MR) is 35.2 cm³/mol. The lowest BCUT2D eigenvalue weighted by Gasteiger charge is -2.01. The normalized spacial score (nSPS) is 12.0. The molecule has 0 rings (SSSR count). The van der Waals surface area contributed by atoms with Gasteiger partial charge in [0, 0.05) is 6.61 Å². The minimum atomic E-state index is -0.129. The summed E-state index contributed by atoms with van der Waals surface area (Å²) in [5, 5.41) is 0. The van der Waals surface area contributed by atoms with Gasteiger partial charge in [0.25, 0.3) is 0 Å². The second kappa shape index (κ2) is 4.34. The van der Waals surface area contributed by atoms with E-state index in [9.17, 15) is 0 Å². The molecule has 0 atom stereocenters. The summed E-state index contributed by atoms with van der Waals surface area (Å²) in [5.41, 5.74) is 0. The fraction of sp³-hybridized carbons (Fsp3) is 1.00. The van der Waals surface area contributed by atoms with Gasteiger partial charge in [-0.1, -0.05) is 20.4 Å². The third kappa shape index (κ3) is 6.18. The van der Waals surface area contributed by atoms with E-state index in [0.29, 0.717) is 5.92 Å². The average molecular weight is 118 g/mol. The van der Waals surface area contributed by atoms with E-state index in [-0.39, 0.29) is 9.76 Å². The quantitative estimate of drug-likeness (QED) is 0.498. The van der Waals surface area contributed by atoms with Gasteiger partial charge in [-0.3, -0.25) is 0 Å². The maximum absolute atomic E-state index is 5.23. The molecule has 0 aliphatic heterocycles. The van der Waals surface area contributed by atoms with E-state index in [1.54, 1.807) is 0 Å². The van der Waals surface area contributed by atoms with Crippen LogP contribution in [0.2, 0.25) is 6.55 Å². The van der Waals surface area contributed by atoms with Crippen molar-refractivity contribution in [3.63, 3.8) is 0 Å². The lowest BCUT2D eigenvalue weighted by Crippen LogP contribution is -2.02. The fourth-order valence-electron chi connectivity index (χ4n) is 0.354. The molecule has 0 N–H and O–H groups in total. The molecule has 0 aliphatic carbocycles. The molecule has 0 bridgehead atoms. The summed E-state index contributed by atoms with van der Waals surface area (Å²) in [6.45, 7) is 7.46. The van der Waals surface area contributed by atoms with E-state index < -0.39 is 0 Å². The van der Waals surface area contributed by atoms with Crippen LogP contribution >= 0.6 is 0 Å². The Morgan fingerprint density at radius 2 is 2.14 bits per heavy atom. The lowest BCUT2D eigenvalue weighted by molar-refractivity contribution is 0.287. The van der Waals surface area contributed by atoms with Crippen LogP contribution in [0.4, 0.5) is 0 Å². The molecular formula is C5H14OSi. The van der Waals surface area contributed by atoms with Crippen LogP contribution in [-0.4, -0.2) is 16.4 Å². The first kappa shape index (κ1) is 7.18. The highest BCUT2D eigenvalue weighted by Crippen LogP contribution is 1.89. The summed E-state index contributed by atoms with van der Waals surface area (Å²) in [6, 6.07) is 0. The summed E-state index contributed by atoms with van der Waals surface area (Å²) in [6.07, 6.45) is 0. The Labute approximate surface area is 48.0 Å². The summed E-state index contributed by atoms with van der Waals surface area (Å²) >= 11 is 0. The smallest absolute Gasteiger partial charge is 0.158 e. The van der Waals surface area contributed by atoms with Crippen molar-refractivity contribution in [2.75, 3.05) is 6.61 Å². The third-order valence-corrected chi connectivity index (χ3v) is 1.30. The fourth-order valence-corrected chi connectivity index (χ4v) is 1.06. The number of hydrogen-bond acceptors (Lipinski definition) is 1. The molecule has 1 nitrogen and oxygen atoms in total. The molecule has 7 heavy (non-hydrogen) atoms. The van der Waals surface area contributed by atoms with Crippen molar-refractivity contribution < 1.29 is 4.43 Å². The van der Waals surface area contributed by atoms with Crippen LogP contribution in [0.25, 0.3) is 0 Å². The monoisotopic (exact) mass is 118 g/mol. The number of hydrogen-bond donors (Lipinski definition) is 0. The largest absolute Gasteiger partial charge is 0.424 e. The molecule has 0 aromatic carbocycles. The maximum atomic E-state index is 5.23. The minimum absolute atomic E-state index is 0.129. The van der Waals surface area contributed by atoms with Gasteiger partial charge in [0.2, 0.25) is 0 Å². The standard InChI is InChI=1S/C5H14OSi/c1-5(2)4-6-7-3/h5H,4,7H2,1-3H3. The van der Waals surface area contributed by atoms with Gasteiger partial charge in [-0.15, -0.1) is 0 Å². The molecule has 2 heteroatoms. The van der Waals surface area contributed by atoms with Crippen LogP contribution in [-0.2, 0) is 4.43 Å². The van der Waals surface area contributed by atoms with Gasteiger partial charge >= 0.3 is 0 Å². The van der Waals surface area contributed by atoms with Gasteiger partial charge in [0.1, 0.15) is 0 Å². The summed E-state index contributed by atoms with van der Waals surface area (Å²) < 4.78 is 5.23. The molecule has 0 aromatic rings. The van der Waals surface area contributed by atoms with Crippen molar-refractivity contribution in [3.8, 4) is 0 Å². The van der Waals surface area contributed by atoms with Gasteiger partial charge in [0.05, 0.1) is 0 Å². The topological polar surface area (TPSA) is 9.23 Å². The molecule has 0 aliphatic rings. The summed E-state index contributed by atoms with van der Waals surface area (Å²) in [5.74, 6) is 0.715. The Morgan fingerprint density at radius 3 is 2.29 bits per heavy atom. The Balaban J connectivity index is 2.68. The SMILES string of the molecule is C[SiH2]OCC(C)C.